The lowest BCUT2D eigenvalue weighted by molar-refractivity contribution is 0.0697. The van der Waals surface area contributed by atoms with Crippen molar-refractivity contribution in [2.45, 2.75) is 19.9 Å². The molecule has 0 amide bonds. The zero-order chi connectivity index (χ0) is 12.1. The lowest BCUT2D eigenvalue weighted by Crippen LogP contribution is -2.31. The van der Waals surface area contributed by atoms with Crippen LogP contribution >= 0.6 is 0 Å². The van der Waals surface area contributed by atoms with Gasteiger partial charge >= 0.3 is 5.97 Å². The molecule has 0 unspecified atom stereocenters. The van der Waals surface area contributed by atoms with Gasteiger partial charge in [-0.05, 0) is 26.0 Å². The molecule has 4 heteroatoms. The van der Waals surface area contributed by atoms with Crippen molar-refractivity contribution in [2.24, 2.45) is 0 Å². The molecule has 0 radical (unpaired) electrons. The predicted molar refractivity (Wildman–Crippen MR) is 62.5 cm³/mol. The number of aromatic carboxylic acids is 1. The van der Waals surface area contributed by atoms with Crippen LogP contribution in [0.5, 0.6) is 0 Å². The smallest absolute Gasteiger partial charge is 0.335 e. The van der Waals surface area contributed by atoms with Gasteiger partial charge in [0.2, 0.25) is 0 Å². The maximum absolute atomic E-state index is 10.8. The van der Waals surface area contributed by atoms with E-state index in [1.807, 2.05) is 18.7 Å². The first kappa shape index (κ1) is 12.1. The van der Waals surface area contributed by atoms with Crippen molar-refractivity contribution >= 4 is 11.8 Å². The van der Waals surface area contributed by atoms with Gasteiger partial charge in [-0.15, -0.1) is 6.42 Å². The Hall–Kier alpha value is -2.02. The highest BCUT2D eigenvalue weighted by Gasteiger charge is 2.12. The lowest BCUT2D eigenvalue weighted by Gasteiger charge is -2.25. The van der Waals surface area contributed by atoms with Crippen molar-refractivity contribution in [3.63, 3.8) is 0 Å². The van der Waals surface area contributed by atoms with Crippen molar-refractivity contribution in [1.82, 2.24) is 4.98 Å². The number of rotatable bonds is 4. The van der Waals surface area contributed by atoms with E-state index < -0.39 is 5.97 Å². The number of terminal acetylenes is 1. The summed E-state index contributed by atoms with van der Waals surface area (Å²) in [5.74, 6) is 2.16. The standard InChI is InChI=1S/C12H14N2O2/c1-4-7-14(9(2)3)11-8-10(12(15)16)5-6-13-11/h1,5-6,8-9H,7H2,2-3H3,(H,15,16). The number of anilines is 1. The van der Waals surface area contributed by atoms with E-state index >= 15 is 0 Å². The minimum Gasteiger partial charge on any atom is -0.478 e. The second-order valence-electron chi connectivity index (χ2n) is 3.63. The summed E-state index contributed by atoms with van der Waals surface area (Å²) in [4.78, 5) is 16.8. The van der Waals surface area contributed by atoms with E-state index in [1.165, 1.54) is 18.3 Å². The molecule has 1 aromatic heterocycles. The van der Waals surface area contributed by atoms with Gasteiger partial charge in [0, 0.05) is 12.2 Å². The number of nitrogens with zero attached hydrogens (tertiary/aromatic N) is 2. The molecule has 0 aliphatic heterocycles. The third-order valence-corrected chi connectivity index (χ3v) is 2.17. The van der Waals surface area contributed by atoms with Crippen molar-refractivity contribution in [1.29, 1.82) is 0 Å². The SMILES string of the molecule is C#CCN(c1cc(C(=O)O)ccn1)C(C)C. The monoisotopic (exact) mass is 218 g/mol. The van der Waals surface area contributed by atoms with Gasteiger partial charge in [0.05, 0.1) is 12.1 Å². The van der Waals surface area contributed by atoms with Crippen molar-refractivity contribution < 1.29 is 9.90 Å². The van der Waals surface area contributed by atoms with Crippen LogP contribution in [0.25, 0.3) is 0 Å². The molecule has 4 nitrogen and oxygen atoms in total. The van der Waals surface area contributed by atoms with Crippen LogP contribution in [-0.4, -0.2) is 28.6 Å². The van der Waals surface area contributed by atoms with Crippen LogP contribution in [0.2, 0.25) is 0 Å². The maximum Gasteiger partial charge on any atom is 0.335 e. The molecular formula is C12H14N2O2. The molecule has 0 fully saturated rings. The minimum absolute atomic E-state index is 0.174. The molecule has 1 N–H and O–H groups in total. The van der Waals surface area contributed by atoms with Gasteiger partial charge in [0.25, 0.3) is 0 Å². The fourth-order valence-electron chi connectivity index (χ4n) is 1.33. The summed E-state index contributed by atoms with van der Waals surface area (Å²) in [7, 11) is 0. The number of hydrogen-bond donors (Lipinski definition) is 1. The van der Waals surface area contributed by atoms with E-state index in [0.717, 1.165) is 0 Å². The Labute approximate surface area is 94.9 Å². The Balaban J connectivity index is 3.06. The van der Waals surface area contributed by atoms with Gasteiger partial charge in [-0.2, -0.15) is 0 Å². The topological polar surface area (TPSA) is 53.4 Å². The molecule has 1 heterocycles. The van der Waals surface area contributed by atoms with Crippen LogP contribution in [0.4, 0.5) is 5.82 Å². The fraction of sp³-hybridized carbons (Fsp3) is 0.333. The van der Waals surface area contributed by atoms with Crippen LogP contribution in [0, 0.1) is 12.3 Å². The molecule has 1 aromatic rings. The lowest BCUT2D eigenvalue weighted by atomic mass is 10.2. The zero-order valence-corrected chi connectivity index (χ0v) is 9.34. The number of carboxylic acids is 1. The Morgan fingerprint density at radius 2 is 2.38 bits per heavy atom. The Bertz CT molecular complexity index is 421. The second kappa shape index (κ2) is 5.17. The van der Waals surface area contributed by atoms with Crippen LogP contribution < -0.4 is 4.90 Å². The zero-order valence-electron chi connectivity index (χ0n) is 9.34. The summed E-state index contributed by atoms with van der Waals surface area (Å²) < 4.78 is 0. The van der Waals surface area contributed by atoms with Crippen LogP contribution in [-0.2, 0) is 0 Å². The molecule has 0 aliphatic carbocycles. The second-order valence-corrected chi connectivity index (χ2v) is 3.63. The highest BCUT2D eigenvalue weighted by atomic mass is 16.4. The number of carbonyl (C=O) groups is 1. The number of carboxylic acid groups (broad SMARTS) is 1. The third kappa shape index (κ3) is 2.74. The molecule has 0 saturated carbocycles. The molecule has 0 spiro atoms. The van der Waals surface area contributed by atoms with Crippen molar-refractivity contribution in [2.75, 3.05) is 11.4 Å². The van der Waals surface area contributed by atoms with Crippen LogP contribution in [0.1, 0.15) is 24.2 Å². The molecule has 1 rings (SSSR count). The van der Waals surface area contributed by atoms with Gasteiger partial charge in [0.15, 0.2) is 0 Å². The Kier molecular flexibility index (Phi) is 3.90. The van der Waals surface area contributed by atoms with Crippen LogP contribution in [0.15, 0.2) is 18.3 Å². The first-order chi connectivity index (χ1) is 7.56. The summed E-state index contributed by atoms with van der Waals surface area (Å²) in [6.07, 6.45) is 6.74. The highest BCUT2D eigenvalue weighted by Crippen LogP contribution is 2.15. The average molecular weight is 218 g/mol. The number of hydrogen-bond acceptors (Lipinski definition) is 3. The molecule has 0 saturated heterocycles. The summed E-state index contributed by atoms with van der Waals surface area (Å²) >= 11 is 0. The molecule has 0 bridgehead atoms. The highest BCUT2D eigenvalue weighted by molar-refractivity contribution is 5.88. The summed E-state index contributed by atoms with van der Waals surface area (Å²) in [5, 5.41) is 8.87. The molecule has 0 atom stereocenters. The maximum atomic E-state index is 10.8. The molecule has 84 valence electrons. The van der Waals surface area contributed by atoms with E-state index in [0.29, 0.717) is 12.4 Å². The normalized spacial score (nSPS) is 9.88. The van der Waals surface area contributed by atoms with E-state index in [-0.39, 0.29) is 11.6 Å². The first-order valence-corrected chi connectivity index (χ1v) is 4.95. The quantitative estimate of drug-likeness (QED) is 0.780. The van der Waals surface area contributed by atoms with Crippen molar-refractivity contribution in [3.8, 4) is 12.3 Å². The third-order valence-electron chi connectivity index (χ3n) is 2.17. The number of aromatic nitrogens is 1. The van der Waals surface area contributed by atoms with Crippen LogP contribution in [0.3, 0.4) is 0 Å². The molecular weight excluding hydrogens is 204 g/mol. The van der Waals surface area contributed by atoms with E-state index in [9.17, 15) is 4.79 Å². The molecule has 0 aromatic carbocycles. The summed E-state index contributed by atoms with van der Waals surface area (Å²) in [6, 6.07) is 3.16. The summed E-state index contributed by atoms with van der Waals surface area (Å²) in [5.41, 5.74) is 0.215. The van der Waals surface area contributed by atoms with Crippen molar-refractivity contribution in [3.05, 3.63) is 23.9 Å². The van der Waals surface area contributed by atoms with E-state index in [4.69, 9.17) is 11.5 Å². The van der Waals surface area contributed by atoms with E-state index in [1.54, 1.807) is 0 Å². The minimum atomic E-state index is -0.965. The first-order valence-electron chi connectivity index (χ1n) is 4.95. The average Bonchev–Trinajstić information content (AvgIpc) is 2.25. The van der Waals surface area contributed by atoms with Gasteiger partial charge < -0.3 is 10.0 Å². The van der Waals surface area contributed by atoms with Gasteiger partial charge in [-0.25, -0.2) is 9.78 Å². The van der Waals surface area contributed by atoms with Gasteiger partial charge in [-0.1, -0.05) is 5.92 Å². The summed E-state index contributed by atoms with van der Waals surface area (Å²) in [6.45, 7) is 4.37. The molecule has 16 heavy (non-hydrogen) atoms. The number of pyridine rings is 1. The van der Waals surface area contributed by atoms with E-state index in [2.05, 4.69) is 10.9 Å². The Morgan fingerprint density at radius 1 is 1.69 bits per heavy atom. The predicted octanol–water partition coefficient (Wildman–Crippen LogP) is 1.63. The largest absolute Gasteiger partial charge is 0.478 e. The van der Waals surface area contributed by atoms with Gasteiger partial charge in [-0.3, -0.25) is 0 Å². The Morgan fingerprint density at radius 3 is 2.88 bits per heavy atom. The van der Waals surface area contributed by atoms with Gasteiger partial charge in [0.1, 0.15) is 5.82 Å². The molecule has 0 aliphatic rings. The fourth-order valence-corrected chi connectivity index (χ4v) is 1.33.